The normalized spacial score (nSPS) is 20.9. The van der Waals surface area contributed by atoms with Crippen LogP contribution in [-0.4, -0.2) is 52.2 Å². The van der Waals surface area contributed by atoms with Gasteiger partial charge in [0.25, 0.3) is 0 Å². The van der Waals surface area contributed by atoms with Gasteiger partial charge in [0, 0.05) is 24.5 Å². The minimum atomic E-state index is -4.46. The Morgan fingerprint density at radius 2 is 1.95 bits per heavy atom. The Bertz CT molecular complexity index is 385. The topological polar surface area (TPSA) is 57.6 Å². The van der Waals surface area contributed by atoms with Crippen LogP contribution in [0, 0.1) is 5.41 Å². The van der Waals surface area contributed by atoms with Crippen molar-refractivity contribution in [3.8, 4) is 0 Å². The zero-order chi connectivity index (χ0) is 15.6. The molecule has 1 aliphatic heterocycles. The number of alkyl halides is 3. The lowest BCUT2D eigenvalue weighted by Crippen LogP contribution is -2.49. The van der Waals surface area contributed by atoms with Crippen LogP contribution in [-0.2, 0) is 9.59 Å². The second-order valence-electron chi connectivity index (χ2n) is 5.47. The van der Waals surface area contributed by atoms with Gasteiger partial charge >= 0.3 is 12.1 Å². The van der Waals surface area contributed by atoms with Crippen LogP contribution in [0.25, 0.3) is 0 Å². The van der Waals surface area contributed by atoms with Crippen LogP contribution in [0.1, 0.15) is 26.7 Å². The number of hydrogen-bond donors (Lipinski definition) is 1. The average molecular weight is 313 g/mol. The van der Waals surface area contributed by atoms with Crippen molar-refractivity contribution in [2.45, 2.75) is 38.9 Å². The molecule has 1 amide bonds. The minimum absolute atomic E-state index is 0.231. The summed E-state index contributed by atoms with van der Waals surface area (Å²) in [4.78, 5) is 24.1. The molecule has 4 nitrogen and oxygen atoms in total. The molecule has 0 aliphatic carbocycles. The first-order chi connectivity index (χ1) is 9.04. The van der Waals surface area contributed by atoms with Crippen molar-refractivity contribution in [1.29, 1.82) is 0 Å². The molecular formula is C12H18F3NO3S. The number of carbonyl (C=O) groups excluding carboxylic acids is 1. The van der Waals surface area contributed by atoms with Gasteiger partial charge in [-0.1, -0.05) is 13.8 Å². The molecule has 0 aromatic heterocycles. The van der Waals surface area contributed by atoms with Gasteiger partial charge in [0.05, 0.1) is 17.9 Å². The number of nitrogens with zero attached hydrogens (tertiary/aromatic N) is 1. The lowest BCUT2D eigenvalue weighted by atomic mass is 9.87. The Hall–Kier alpha value is -0.920. The summed E-state index contributed by atoms with van der Waals surface area (Å²) in [7, 11) is 0. The standard InChI is InChI=1S/C12H18F3NO3S/c1-11(2,12(13,14)15)6-9(17)16-3-4-20-7-8(16)5-10(18)19/h8H,3-7H2,1-2H3,(H,18,19). The van der Waals surface area contributed by atoms with Crippen LogP contribution in [0.4, 0.5) is 13.2 Å². The predicted molar refractivity (Wildman–Crippen MR) is 69.5 cm³/mol. The molecule has 0 saturated carbocycles. The summed E-state index contributed by atoms with van der Waals surface area (Å²) in [5.41, 5.74) is -2.11. The van der Waals surface area contributed by atoms with Gasteiger partial charge in [0.2, 0.25) is 5.91 Å². The van der Waals surface area contributed by atoms with E-state index in [0.29, 0.717) is 18.1 Å². The summed E-state index contributed by atoms with van der Waals surface area (Å²) >= 11 is 1.51. The Morgan fingerprint density at radius 1 is 1.35 bits per heavy atom. The molecule has 116 valence electrons. The Balaban J connectivity index is 2.76. The summed E-state index contributed by atoms with van der Waals surface area (Å²) in [5.74, 6) is -0.608. The van der Waals surface area contributed by atoms with Crippen LogP contribution in [0.15, 0.2) is 0 Å². The SMILES string of the molecule is CC(C)(CC(=O)N1CCSCC1CC(=O)O)C(F)(F)F. The Morgan fingerprint density at radius 3 is 2.45 bits per heavy atom. The van der Waals surface area contributed by atoms with E-state index in [2.05, 4.69) is 0 Å². The molecule has 1 atom stereocenters. The number of rotatable bonds is 4. The molecule has 1 N–H and O–H groups in total. The molecule has 0 radical (unpaired) electrons. The number of carboxylic acids is 1. The number of carbonyl (C=O) groups is 2. The van der Waals surface area contributed by atoms with Gasteiger partial charge in [-0.15, -0.1) is 0 Å². The second kappa shape index (κ2) is 6.24. The molecule has 1 saturated heterocycles. The van der Waals surface area contributed by atoms with Crippen LogP contribution in [0.5, 0.6) is 0 Å². The largest absolute Gasteiger partial charge is 0.481 e. The molecule has 8 heteroatoms. The average Bonchev–Trinajstić information content (AvgIpc) is 2.26. The monoisotopic (exact) mass is 313 g/mol. The highest BCUT2D eigenvalue weighted by atomic mass is 32.2. The highest BCUT2D eigenvalue weighted by molar-refractivity contribution is 7.99. The quantitative estimate of drug-likeness (QED) is 0.866. The third-order valence-electron chi connectivity index (χ3n) is 3.32. The van der Waals surface area contributed by atoms with Gasteiger partial charge in [0.15, 0.2) is 0 Å². The number of amides is 1. The van der Waals surface area contributed by atoms with Crippen molar-refractivity contribution in [3.05, 3.63) is 0 Å². The molecule has 1 unspecified atom stereocenters. The smallest absolute Gasteiger partial charge is 0.394 e. The van der Waals surface area contributed by atoms with E-state index in [0.717, 1.165) is 13.8 Å². The third kappa shape index (κ3) is 4.29. The Labute approximate surface area is 119 Å². The molecule has 1 fully saturated rings. The summed E-state index contributed by atoms with van der Waals surface area (Å²) < 4.78 is 38.4. The first-order valence-corrected chi connectivity index (χ1v) is 7.36. The van der Waals surface area contributed by atoms with E-state index in [4.69, 9.17) is 5.11 Å². The molecule has 1 rings (SSSR count). The lowest BCUT2D eigenvalue weighted by molar-refractivity contribution is -0.215. The van der Waals surface area contributed by atoms with Crippen LogP contribution < -0.4 is 0 Å². The van der Waals surface area contributed by atoms with Gasteiger partial charge in [-0.2, -0.15) is 24.9 Å². The van der Waals surface area contributed by atoms with Gasteiger partial charge < -0.3 is 10.0 Å². The molecule has 1 heterocycles. The molecule has 0 spiro atoms. The van der Waals surface area contributed by atoms with Crippen molar-refractivity contribution in [2.75, 3.05) is 18.1 Å². The maximum absolute atomic E-state index is 12.8. The van der Waals surface area contributed by atoms with Gasteiger partial charge in [-0.05, 0) is 0 Å². The van der Waals surface area contributed by atoms with Crippen molar-refractivity contribution in [2.24, 2.45) is 5.41 Å². The molecule has 0 bridgehead atoms. The van der Waals surface area contributed by atoms with E-state index in [9.17, 15) is 22.8 Å². The van der Waals surface area contributed by atoms with Crippen LogP contribution in [0.2, 0.25) is 0 Å². The molecule has 0 aromatic rings. The number of carboxylic acid groups (broad SMARTS) is 1. The molecule has 0 aromatic carbocycles. The first kappa shape index (κ1) is 17.1. The predicted octanol–water partition coefficient (Wildman–Crippen LogP) is 2.38. The highest BCUT2D eigenvalue weighted by Crippen LogP contribution is 2.41. The first-order valence-electron chi connectivity index (χ1n) is 6.20. The molecule has 20 heavy (non-hydrogen) atoms. The zero-order valence-corrected chi connectivity index (χ0v) is 12.2. The van der Waals surface area contributed by atoms with Crippen molar-refractivity contribution >= 4 is 23.6 Å². The summed E-state index contributed by atoms with van der Waals surface area (Å²) in [5, 5.41) is 8.80. The van der Waals surface area contributed by atoms with E-state index >= 15 is 0 Å². The second-order valence-corrected chi connectivity index (χ2v) is 6.62. The van der Waals surface area contributed by atoms with Gasteiger partial charge in [0.1, 0.15) is 0 Å². The summed E-state index contributed by atoms with van der Waals surface area (Å²) in [6.07, 6.45) is -5.35. The number of hydrogen-bond acceptors (Lipinski definition) is 3. The van der Waals surface area contributed by atoms with E-state index in [-0.39, 0.29) is 6.42 Å². The lowest BCUT2D eigenvalue weighted by Gasteiger charge is -2.37. The third-order valence-corrected chi connectivity index (χ3v) is 4.41. The van der Waals surface area contributed by atoms with Crippen LogP contribution >= 0.6 is 11.8 Å². The van der Waals surface area contributed by atoms with E-state index in [1.165, 1.54) is 16.7 Å². The van der Waals surface area contributed by atoms with E-state index in [1.54, 1.807) is 0 Å². The van der Waals surface area contributed by atoms with Gasteiger partial charge in [-0.25, -0.2) is 0 Å². The maximum Gasteiger partial charge on any atom is 0.394 e. The number of aliphatic carboxylic acids is 1. The minimum Gasteiger partial charge on any atom is -0.481 e. The van der Waals surface area contributed by atoms with Crippen molar-refractivity contribution < 1.29 is 27.9 Å². The van der Waals surface area contributed by atoms with Crippen LogP contribution in [0.3, 0.4) is 0 Å². The fraction of sp³-hybridized carbons (Fsp3) is 0.833. The zero-order valence-electron chi connectivity index (χ0n) is 11.4. The molecular weight excluding hydrogens is 295 g/mol. The van der Waals surface area contributed by atoms with E-state index in [1.807, 2.05) is 0 Å². The Kier molecular flexibility index (Phi) is 5.34. The highest BCUT2D eigenvalue weighted by Gasteiger charge is 2.49. The van der Waals surface area contributed by atoms with Crippen molar-refractivity contribution in [3.63, 3.8) is 0 Å². The fourth-order valence-corrected chi connectivity index (χ4v) is 3.00. The van der Waals surface area contributed by atoms with E-state index < -0.39 is 35.9 Å². The fourth-order valence-electron chi connectivity index (χ4n) is 1.93. The number of halogens is 3. The maximum atomic E-state index is 12.8. The summed E-state index contributed by atoms with van der Waals surface area (Å²) in [6.45, 7) is 2.26. The summed E-state index contributed by atoms with van der Waals surface area (Å²) in [6, 6.07) is -0.525. The van der Waals surface area contributed by atoms with Gasteiger partial charge in [-0.3, -0.25) is 9.59 Å². The van der Waals surface area contributed by atoms with Crippen molar-refractivity contribution in [1.82, 2.24) is 4.90 Å². The molecule has 1 aliphatic rings. The number of thioether (sulfide) groups is 1.